The second kappa shape index (κ2) is 4.28. The van der Waals surface area contributed by atoms with Gasteiger partial charge in [0.15, 0.2) is 0 Å². The predicted octanol–water partition coefficient (Wildman–Crippen LogP) is 1.68. The lowest BCUT2D eigenvalue weighted by molar-refractivity contribution is 0.476. The van der Waals surface area contributed by atoms with E-state index in [1.165, 1.54) is 0 Å². The van der Waals surface area contributed by atoms with Crippen LogP contribution in [0, 0.1) is 0 Å². The number of aromatic hydroxyl groups is 1. The fourth-order valence-electron chi connectivity index (χ4n) is 1.11. The highest BCUT2D eigenvalue weighted by atomic mass is 16.3. The van der Waals surface area contributed by atoms with Crippen molar-refractivity contribution in [3.63, 3.8) is 0 Å². The Hall–Kier alpha value is -2.30. The predicted molar refractivity (Wildman–Crippen MR) is 56.3 cm³/mol. The highest BCUT2D eigenvalue weighted by molar-refractivity contribution is 5.74. The second-order valence-corrected chi connectivity index (χ2v) is 2.88. The molecule has 5 heteroatoms. The standard InChI is InChI=1S/C6H5N3O.C4H5N/c10-4-1-2-5-6(3-4)8-9-7-5;1-2-4-5-3-1/h1-3,10H,(H,7,8,9);1-5H. The van der Waals surface area contributed by atoms with E-state index < -0.39 is 0 Å². The number of nitrogens with zero attached hydrogens (tertiary/aromatic N) is 2. The van der Waals surface area contributed by atoms with E-state index in [1.54, 1.807) is 18.2 Å². The van der Waals surface area contributed by atoms with E-state index in [0.717, 1.165) is 5.52 Å². The molecule has 76 valence electrons. The van der Waals surface area contributed by atoms with Crippen molar-refractivity contribution in [2.24, 2.45) is 0 Å². The zero-order valence-corrected chi connectivity index (χ0v) is 7.88. The molecule has 15 heavy (non-hydrogen) atoms. The summed E-state index contributed by atoms with van der Waals surface area (Å²) in [6, 6.07) is 8.72. The van der Waals surface area contributed by atoms with Gasteiger partial charge in [0.25, 0.3) is 0 Å². The summed E-state index contributed by atoms with van der Waals surface area (Å²) < 4.78 is 0. The molecule has 0 fully saturated rings. The Morgan fingerprint density at radius 1 is 1.00 bits per heavy atom. The molecule has 0 saturated heterocycles. The van der Waals surface area contributed by atoms with Gasteiger partial charge in [0.05, 0.1) is 0 Å². The van der Waals surface area contributed by atoms with Gasteiger partial charge in [0, 0.05) is 18.5 Å². The molecule has 0 aliphatic rings. The summed E-state index contributed by atoms with van der Waals surface area (Å²) in [6.07, 6.45) is 3.75. The van der Waals surface area contributed by atoms with Crippen LogP contribution in [0.1, 0.15) is 0 Å². The normalized spacial score (nSPS) is 9.60. The third-order valence-corrected chi connectivity index (χ3v) is 1.80. The number of hydrogen-bond donors (Lipinski definition) is 3. The first-order valence-electron chi connectivity index (χ1n) is 4.43. The van der Waals surface area contributed by atoms with E-state index >= 15 is 0 Å². The summed E-state index contributed by atoms with van der Waals surface area (Å²) in [4.78, 5) is 2.86. The third kappa shape index (κ3) is 2.34. The molecule has 0 bridgehead atoms. The van der Waals surface area contributed by atoms with Crippen LogP contribution in [0.4, 0.5) is 0 Å². The first-order valence-corrected chi connectivity index (χ1v) is 4.43. The monoisotopic (exact) mass is 202 g/mol. The molecule has 3 aromatic rings. The van der Waals surface area contributed by atoms with Crippen molar-refractivity contribution < 1.29 is 5.11 Å². The van der Waals surface area contributed by atoms with Crippen molar-refractivity contribution in [1.82, 2.24) is 20.4 Å². The molecule has 0 spiro atoms. The minimum Gasteiger partial charge on any atom is -0.508 e. The quantitative estimate of drug-likeness (QED) is 0.519. The SMILES string of the molecule is Oc1ccc2n[nH]nc2c1.c1cc[nH]c1. The van der Waals surface area contributed by atoms with E-state index in [2.05, 4.69) is 20.4 Å². The molecule has 0 amide bonds. The number of nitrogens with one attached hydrogen (secondary N) is 2. The molecule has 0 unspecified atom stereocenters. The average molecular weight is 202 g/mol. The summed E-state index contributed by atoms with van der Waals surface area (Å²) >= 11 is 0. The maximum Gasteiger partial charge on any atom is 0.117 e. The number of H-pyrrole nitrogens is 2. The number of hydrogen-bond acceptors (Lipinski definition) is 3. The fourth-order valence-corrected chi connectivity index (χ4v) is 1.11. The van der Waals surface area contributed by atoms with Gasteiger partial charge in [-0.3, -0.25) is 0 Å². The van der Waals surface area contributed by atoms with Gasteiger partial charge >= 0.3 is 0 Å². The third-order valence-electron chi connectivity index (χ3n) is 1.80. The second-order valence-electron chi connectivity index (χ2n) is 2.88. The number of fused-ring (bicyclic) bond motifs is 1. The summed E-state index contributed by atoms with van der Waals surface area (Å²) in [5.74, 6) is 0.210. The van der Waals surface area contributed by atoms with Crippen molar-refractivity contribution in [3.8, 4) is 5.75 Å². The highest BCUT2D eigenvalue weighted by Crippen LogP contribution is 2.14. The largest absolute Gasteiger partial charge is 0.508 e. The highest BCUT2D eigenvalue weighted by Gasteiger charge is 1.96. The number of phenols is 1. The number of aromatic nitrogens is 4. The van der Waals surface area contributed by atoms with Crippen molar-refractivity contribution >= 4 is 11.0 Å². The number of benzene rings is 1. The molecule has 1 aromatic carbocycles. The Morgan fingerprint density at radius 2 is 1.73 bits per heavy atom. The maximum atomic E-state index is 8.97. The van der Waals surface area contributed by atoms with Crippen LogP contribution in [0.2, 0.25) is 0 Å². The Bertz CT molecular complexity index is 498. The van der Waals surface area contributed by atoms with E-state index in [-0.39, 0.29) is 5.75 Å². The van der Waals surface area contributed by atoms with Crippen LogP contribution in [-0.2, 0) is 0 Å². The molecule has 0 aliphatic heterocycles. The smallest absolute Gasteiger partial charge is 0.117 e. The Labute approximate surface area is 85.8 Å². The van der Waals surface area contributed by atoms with Crippen molar-refractivity contribution in [1.29, 1.82) is 0 Å². The fraction of sp³-hybridized carbons (Fsp3) is 0. The van der Waals surface area contributed by atoms with E-state index in [0.29, 0.717) is 5.52 Å². The number of aromatic amines is 2. The van der Waals surface area contributed by atoms with Crippen molar-refractivity contribution in [3.05, 3.63) is 42.7 Å². The van der Waals surface area contributed by atoms with Crippen LogP contribution in [0.25, 0.3) is 11.0 Å². The van der Waals surface area contributed by atoms with Crippen LogP contribution in [0.15, 0.2) is 42.7 Å². The van der Waals surface area contributed by atoms with Gasteiger partial charge in [-0.25, -0.2) is 0 Å². The van der Waals surface area contributed by atoms with E-state index in [9.17, 15) is 0 Å². The van der Waals surface area contributed by atoms with Crippen molar-refractivity contribution in [2.45, 2.75) is 0 Å². The van der Waals surface area contributed by atoms with Crippen LogP contribution < -0.4 is 0 Å². The number of phenolic OH excluding ortho intramolecular Hbond substituents is 1. The molecule has 2 heterocycles. The molecule has 0 saturated carbocycles. The van der Waals surface area contributed by atoms with Crippen LogP contribution in [0.5, 0.6) is 5.75 Å². The molecule has 3 rings (SSSR count). The van der Waals surface area contributed by atoms with E-state index in [4.69, 9.17) is 5.11 Å². The molecule has 2 aromatic heterocycles. The topological polar surface area (TPSA) is 77.6 Å². The lowest BCUT2D eigenvalue weighted by atomic mass is 10.3. The van der Waals surface area contributed by atoms with Gasteiger partial charge in [0.1, 0.15) is 16.8 Å². The first kappa shape index (κ1) is 9.26. The van der Waals surface area contributed by atoms with Crippen LogP contribution in [-0.4, -0.2) is 25.5 Å². The van der Waals surface area contributed by atoms with Gasteiger partial charge in [0.2, 0.25) is 0 Å². The lowest BCUT2D eigenvalue weighted by Gasteiger charge is -1.86. The molecule has 0 aliphatic carbocycles. The molecular weight excluding hydrogens is 192 g/mol. The molecule has 0 radical (unpaired) electrons. The van der Waals surface area contributed by atoms with Gasteiger partial charge in [-0.1, -0.05) is 0 Å². The summed E-state index contributed by atoms with van der Waals surface area (Å²) in [6.45, 7) is 0. The lowest BCUT2D eigenvalue weighted by Crippen LogP contribution is -1.67. The minimum absolute atomic E-state index is 0.210. The van der Waals surface area contributed by atoms with Gasteiger partial charge in [-0.15, -0.1) is 0 Å². The molecule has 0 atom stereocenters. The van der Waals surface area contributed by atoms with E-state index in [1.807, 2.05) is 24.5 Å². The van der Waals surface area contributed by atoms with Crippen molar-refractivity contribution in [2.75, 3.05) is 0 Å². The zero-order valence-electron chi connectivity index (χ0n) is 7.88. The number of rotatable bonds is 0. The summed E-state index contributed by atoms with van der Waals surface area (Å²) in [7, 11) is 0. The minimum atomic E-state index is 0.210. The van der Waals surface area contributed by atoms with Crippen LogP contribution in [0.3, 0.4) is 0 Å². The molecule has 5 nitrogen and oxygen atoms in total. The zero-order chi connectivity index (χ0) is 10.5. The Morgan fingerprint density at radius 3 is 2.40 bits per heavy atom. The van der Waals surface area contributed by atoms with Gasteiger partial charge in [-0.2, -0.15) is 15.4 Å². The maximum absolute atomic E-state index is 8.97. The summed E-state index contributed by atoms with van der Waals surface area (Å²) in [5, 5.41) is 19.0. The summed E-state index contributed by atoms with van der Waals surface area (Å²) in [5.41, 5.74) is 1.44. The van der Waals surface area contributed by atoms with Gasteiger partial charge < -0.3 is 10.1 Å². The van der Waals surface area contributed by atoms with Gasteiger partial charge in [-0.05, 0) is 24.3 Å². The average Bonchev–Trinajstić information content (AvgIpc) is 2.91. The Balaban J connectivity index is 0.000000144. The molecule has 3 N–H and O–H groups in total. The molecular formula is C10H10N4O. The Kier molecular flexibility index (Phi) is 2.64. The van der Waals surface area contributed by atoms with Crippen LogP contribution >= 0.6 is 0 Å². The first-order chi connectivity index (χ1) is 7.36.